The van der Waals surface area contributed by atoms with E-state index in [0.717, 1.165) is 37.5 Å². The van der Waals surface area contributed by atoms with Crippen LogP contribution in [0.5, 0.6) is 11.6 Å². The monoisotopic (exact) mass is 858 g/mol. The van der Waals surface area contributed by atoms with Crippen molar-refractivity contribution in [1.29, 1.82) is 0 Å². The van der Waals surface area contributed by atoms with E-state index in [-0.39, 0.29) is 34.8 Å². The second-order valence-corrected chi connectivity index (χ2v) is 15.9. The number of hydrogen-bond acceptors (Lipinski definition) is 13. The smallest absolute Gasteiger partial charge is 0.459 e. The first-order valence-corrected chi connectivity index (χ1v) is 19.9. The van der Waals surface area contributed by atoms with Gasteiger partial charge < -0.3 is 34.7 Å². The standard InChI is InChI=1S/C36H40IN6O9P/c1-36(46)29(44)26(51-33(36)43-30-28(39-34(43)37)31(48-2)41-35(38)40-30)20-49-53(47,52-25-19-11-15-21-12-9-10-18-24(21)25)42-27(22-13-5-3-6-14-22)32(45)50-23-16-7-4-8-17-23/h3,5-6,9-15,18-19,23,26-27,29,33,44,46H,4,7-8,16-17,20H2,1-2H3,(H,42,47)(H2,38,40,41)/t26-,27-,29-,33-,36-,53?/m1/s1. The van der Waals surface area contributed by atoms with Crippen LogP contribution >= 0.6 is 30.3 Å². The summed E-state index contributed by atoms with van der Waals surface area (Å²) in [6.45, 7) is 0.856. The zero-order valence-corrected chi connectivity index (χ0v) is 32.1. The second-order valence-electron chi connectivity index (χ2n) is 13.2. The number of rotatable bonds is 12. The van der Waals surface area contributed by atoms with E-state index in [0.29, 0.717) is 14.8 Å². The number of carbonyl (C=O) groups is 1. The van der Waals surface area contributed by atoms with Crippen molar-refractivity contribution < 1.29 is 42.8 Å². The number of nitrogen functional groups attached to an aromatic ring is 1. The van der Waals surface area contributed by atoms with E-state index in [4.69, 9.17) is 29.0 Å². The van der Waals surface area contributed by atoms with Gasteiger partial charge in [0, 0.05) is 28.0 Å². The third-order valence-electron chi connectivity index (χ3n) is 9.53. The Morgan fingerprint density at radius 3 is 2.55 bits per heavy atom. The molecule has 3 aromatic carbocycles. The molecule has 3 heterocycles. The minimum absolute atomic E-state index is 0.0995. The van der Waals surface area contributed by atoms with Crippen molar-refractivity contribution in [2.75, 3.05) is 19.5 Å². The molecular formula is C36H40IN6O9P. The van der Waals surface area contributed by atoms with Crippen LogP contribution in [0.4, 0.5) is 5.95 Å². The number of hydrogen-bond donors (Lipinski definition) is 4. The number of aliphatic hydroxyl groups excluding tert-OH is 1. The van der Waals surface area contributed by atoms with E-state index >= 15 is 4.57 Å². The SMILES string of the molecule is COc1nc(N)nc2c1nc(I)n2[C@@H]1O[C@H](COP(=O)(N[C@@H](C(=O)OC2CCCCC2)c2ccccc2)Oc2cccc3ccccc23)[C@@H](O)[C@@]1(C)O. The molecule has 2 aliphatic rings. The van der Waals surface area contributed by atoms with E-state index in [2.05, 4.69) is 20.0 Å². The van der Waals surface area contributed by atoms with Crippen molar-refractivity contribution in [1.82, 2.24) is 24.6 Å². The number of aliphatic hydroxyl groups is 2. The molecule has 5 N–H and O–H groups in total. The molecule has 53 heavy (non-hydrogen) atoms. The first-order valence-electron chi connectivity index (χ1n) is 17.2. The molecule has 0 bridgehead atoms. The van der Waals surface area contributed by atoms with Crippen LogP contribution in [-0.2, 0) is 23.4 Å². The number of nitrogens with one attached hydrogen (secondary N) is 1. The minimum atomic E-state index is -4.54. The van der Waals surface area contributed by atoms with E-state index in [1.165, 1.54) is 18.6 Å². The molecule has 1 saturated heterocycles. The summed E-state index contributed by atoms with van der Waals surface area (Å²) in [5.74, 6) is -0.381. The van der Waals surface area contributed by atoms with Crippen molar-refractivity contribution in [2.24, 2.45) is 0 Å². The Kier molecular flexibility index (Phi) is 10.9. The Morgan fingerprint density at radius 2 is 1.79 bits per heavy atom. The number of halogens is 1. The number of nitrogens with two attached hydrogens (primary N) is 1. The largest absolute Gasteiger partial charge is 0.479 e. The summed E-state index contributed by atoms with van der Waals surface area (Å²) in [5, 5.41) is 27.5. The highest BCUT2D eigenvalue weighted by Gasteiger charge is 2.55. The number of methoxy groups -OCH3 is 1. The summed E-state index contributed by atoms with van der Waals surface area (Å²) < 4.78 is 46.7. The zero-order chi connectivity index (χ0) is 37.3. The molecule has 2 fully saturated rings. The number of nitrogens with zero attached hydrogens (tertiary/aromatic N) is 4. The predicted octanol–water partition coefficient (Wildman–Crippen LogP) is 5.59. The van der Waals surface area contributed by atoms with Gasteiger partial charge >= 0.3 is 13.7 Å². The Balaban J connectivity index is 1.21. The number of esters is 1. The average Bonchev–Trinajstić information content (AvgIpc) is 3.60. The van der Waals surface area contributed by atoms with Crippen LogP contribution in [0.1, 0.15) is 56.9 Å². The maximum absolute atomic E-state index is 15.1. The maximum Gasteiger partial charge on any atom is 0.459 e. The van der Waals surface area contributed by atoms with Gasteiger partial charge in [0.05, 0.1) is 13.7 Å². The molecule has 1 unspecified atom stereocenters. The first-order chi connectivity index (χ1) is 25.5. The lowest BCUT2D eigenvalue weighted by Gasteiger charge is -2.29. The lowest BCUT2D eigenvalue weighted by atomic mass is 9.96. The topological polar surface area (TPSA) is 202 Å². The van der Waals surface area contributed by atoms with Crippen molar-refractivity contribution in [3.05, 3.63) is 82.2 Å². The number of anilines is 1. The molecule has 280 valence electrons. The lowest BCUT2D eigenvalue weighted by Crippen LogP contribution is -2.44. The van der Waals surface area contributed by atoms with Crippen LogP contribution < -0.4 is 20.1 Å². The van der Waals surface area contributed by atoms with Crippen LogP contribution in [0, 0.1) is 3.83 Å². The lowest BCUT2D eigenvalue weighted by molar-refractivity contribution is -0.153. The average molecular weight is 859 g/mol. The quantitative estimate of drug-likeness (QED) is 0.0523. The van der Waals surface area contributed by atoms with Crippen LogP contribution in [0.15, 0.2) is 72.8 Å². The highest BCUT2D eigenvalue weighted by molar-refractivity contribution is 14.1. The summed E-state index contributed by atoms with van der Waals surface area (Å²) in [4.78, 5) is 26.7. The number of imidazole rings is 1. The highest BCUT2D eigenvalue weighted by atomic mass is 127. The van der Waals surface area contributed by atoms with Gasteiger partial charge in [0.15, 0.2) is 21.2 Å². The van der Waals surface area contributed by atoms with Gasteiger partial charge in [-0.05, 0) is 49.6 Å². The molecule has 0 radical (unpaired) electrons. The van der Waals surface area contributed by atoms with Crippen LogP contribution in [0.25, 0.3) is 21.9 Å². The van der Waals surface area contributed by atoms with Crippen molar-refractivity contribution >= 4 is 64.2 Å². The van der Waals surface area contributed by atoms with Crippen LogP contribution in [0.3, 0.4) is 0 Å². The van der Waals surface area contributed by atoms with Crippen molar-refractivity contribution in [2.45, 2.75) is 75.2 Å². The molecule has 6 atom stereocenters. The number of fused-ring (bicyclic) bond motifs is 2. The molecule has 15 nitrogen and oxygen atoms in total. The first kappa shape index (κ1) is 37.4. The number of ether oxygens (including phenoxy) is 3. The Hall–Kier alpha value is -3.90. The molecule has 5 aromatic rings. The van der Waals surface area contributed by atoms with Gasteiger partial charge in [0.2, 0.25) is 11.8 Å². The third kappa shape index (κ3) is 7.72. The Morgan fingerprint density at radius 1 is 1.08 bits per heavy atom. The van der Waals surface area contributed by atoms with Crippen LogP contribution in [-0.4, -0.2) is 73.3 Å². The third-order valence-corrected chi connectivity index (χ3v) is 11.8. The molecule has 17 heteroatoms. The van der Waals surface area contributed by atoms with E-state index < -0.39 is 50.4 Å². The fourth-order valence-electron chi connectivity index (χ4n) is 6.79. The summed E-state index contributed by atoms with van der Waals surface area (Å²) in [6, 6.07) is 20.2. The summed E-state index contributed by atoms with van der Waals surface area (Å²) >= 11 is 1.94. The molecule has 2 aromatic heterocycles. The van der Waals surface area contributed by atoms with Gasteiger partial charge in [-0.3, -0.25) is 9.09 Å². The van der Waals surface area contributed by atoms with Gasteiger partial charge in [-0.1, -0.05) is 73.2 Å². The Bertz CT molecular complexity index is 2140. The number of carbonyl (C=O) groups excluding carboxylic acids is 1. The summed E-state index contributed by atoms with van der Waals surface area (Å²) in [5.41, 5.74) is 4.96. The maximum atomic E-state index is 15.1. The van der Waals surface area contributed by atoms with Crippen molar-refractivity contribution in [3.8, 4) is 11.6 Å². The van der Waals surface area contributed by atoms with Gasteiger partial charge in [0.1, 0.15) is 35.7 Å². The van der Waals surface area contributed by atoms with Gasteiger partial charge in [0.25, 0.3) is 0 Å². The fraction of sp³-hybridized carbons (Fsp3) is 0.389. The summed E-state index contributed by atoms with van der Waals surface area (Å²) in [6.07, 6.45) is 0.112. The molecule has 0 amide bonds. The molecule has 1 aliphatic heterocycles. The van der Waals surface area contributed by atoms with E-state index in [1.807, 2.05) is 52.9 Å². The normalized spacial score (nSPS) is 23.8. The number of benzene rings is 3. The Labute approximate surface area is 318 Å². The summed E-state index contributed by atoms with van der Waals surface area (Å²) in [7, 11) is -3.12. The molecular weight excluding hydrogens is 818 g/mol. The molecule has 1 aliphatic carbocycles. The predicted molar refractivity (Wildman–Crippen MR) is 203 cm³/mol. The minimum Gasteiger partial charge on any atom is -0.479 e. The molecule has 0 spiro atoms. The zero-order valence-electron chi connectivity index (χ0n) is 29.0. The number of aromatic nitrogens is 4. The van der Waals surface area contributed by atoms with Crippen molar-refractivity contribution in [3.63, 3.8) is 0 Å². The second kappa shape index (κ2) is 15.5. The molecule has 1 saturated carbocycles. The van der Waals surface area contributed by atoms with Gasteiger partial charge in [-0.2, -0.15) is 15.1 Å². The highest BCUT2D eigenvalue weighted by Crippen LogP contribution is 2.50. The van der Waals surface area contributed by atoms with Gasteiger partial charge in [-0.25, -0.2) is 14.3 Å². The van der Waals surface area contributed by atoms with Crippen LogP contribution in [0.2, 0.25) is 0 Å². The van der Waals surface area contributed by atoms with E-state index in [1.54, 1.807) is 42.5 Å². The van der Waals surface area contributed by atoms with E-state index in [9.17, 15) is 15.0 Å². The fourth-order valence-corrected chi connectivity index (χ4v) is 9.02. The molecule has 7 rings (SSSR count). The van der Waals surface area contributed by atoms with Gasteiger partial charge in [-0.15, -0.1) is 0 Å².